The number of nitrogens with one attached hydrogen (secondary N) is 1. The summed E-state index contributed by atoms with van der Waals surface area (Å²) >= 11 is 0. The van der Waals surface area contributed by atoms with Gasteiger partial charge in [-0.15, -0.1) is 0 Å². The summed E-state index contributed by atoms with van der Waals surface area (Å²) in [7, 11) is 0. The van der Waals surface area contributed by atoms with Gasteiger partial charge in [-0.1, -0.05) is 31.2 Å². The molecular weight excluding hydrogens is 294 g/mol. The lowest BCUT2D eigenvalue weighted by atomic mass is 9.71. The molecule has 5 heteroatoms. The molecule has 1 unspecified atom stereocenters. The van der Waals surface area contributed by atoms with Crippen molar-refractivity contribution in [1.82, 2.24) is 5.32 Å². The van der Waals surface area contributed by atoms with Gasteiger partial charge in [0.25, 0.3) is 0 Å². The lowest BCUT2D eigenvalue weighted by Crippen LogP contribution is -2.49. The summed E-state index contributed by atoms with van der Waals surface area (Å²) in [6.45, 7) is 5.35. The third-order valence-corrected chi connectivity index (χ3v) is 4.58. The van der Waals surface area contributed by atoms with E-state index in [0.717, 1.165) is 11.1 Å². The molecule has 0 aliphatic carbocycles. The van der Waals surface area contributed by atoms with E-state index in [9.17, 15) is 9.59 Å². The van der Waals surface area contributed by atoms with Crippen LogP contribution < -0.4 is 5.32 Å². The number of hydrogen-bond acceptors (Lipinski definition) is 3. The van der Waals surface area contributed by atoms with Gasteiger partial charge in [-0.05, 0) is 36.8 Å². The Morgan fingerprint density at radius 2 is 1.96 bits per heavy atom. The second-order valence-electron chi connectivity index (χ2n) is 6.42. The number of ether oxygens (including phenoxy) is 1. The minimum absolute atomic E-state index is 0.0210. The zero-order valence-electron chi connectivity index (χ0n) is 13.8. The van der Waals surface area contributed by atoms with E-state index in [1.54, 1.807) is 0 Å². The van der Waals surface area contributed by atoms with Gasteiger partial charge >= 0.3 is 5.97 Å². The Morgan fingerprint density at radius 1 is 1.30 bits per heavy atom. The largest absolute Gasteiger partial charge is 0.481 e. The molecule has 1 saturated heterocycles. The van der Waals surface area contributed by atoms with E-state index in [1.807, 2.05) is 38.1 Å². The number of rotatable bonds is 6. The number of aryl methyl sites for hydroxylation is 1. The Bertz CT molecular complexity index is 564. The van der Waals surface area contributed by atoms with Crippen LogP contribution in [0.2, 0.25) is 0 Å². The first kappa shape index (κ1) is 17.5. The number of aliphatic carboxylic acids is 1. The Morgan fingerprint density at radius 3 is 2.57 bits per heavy atom. The minimum Gasteiger partial charge on any atom is -0.481 e. The molecule has 2 rings (SSSR count). The van der Waals surface area contributed by atoms with Gasteiger partial charge in [-0.2, -0.15) is 0 Å². The monoisotopic (exact) mass is 319 g/mol. The molecule has 1 atom stereocenters. The van der Waals surface area contributed by atoms with Crippen molar-refractivity contribution in [3.8, 4) is 0 Å². The van der Waals surface area contributed by atoms with Crippen molar-refractivity contribution in [1.29, 1.82) is 0 Å². The van der Waals surface area contributed by atoms with E-state index in [2.05, 4.69) is 5.32 Å². The second kappa shape index (κ2) is 7.59. The maximum Gasteiger partial charge on any atom is 0.303 e. The Balaban J connectivity index is 2.17. The van der Waals surface area contributed by atoms with Crippen molar-refractivity contribution >= 4 is 11.9 Å². The number of benzene rings is 1. The number of amides is 1. The van der Waals surface area contributed by atoms with Crippen molar-refractivity contribution in [3.63, 3.8) is 0 Å². The molecule has 1 aromatic rings. The zero-order chi connectivity index (χ0) is 16.9. The topological polar surface area (TPSA) is 75.6 Å². The minimum atomic E-state index is -0.841. The molecule has 0 saturated carbocycles. The third kappa shape index (κ3) is 4.10. The lowest BCUT2D eigenvalue weighted by Gasteiger charge is -2.37. The van der Waals surface area contributed by atoms with Crippen molar-refractivity contribution in [2.75, 3.05) is 19.8 Å². The van der Waals surface area contributed by atoms with Crippen LogP contribution in [-0.4, -0.2) is 36.7 Å². The summed E-state index contributed by atoms with van der Waals surface area (Å²) in [5.41, 5.74) is 1.57. The molecule has 1 aliphatic rings. The summed E-state index contributed by atoms with van der Waals surface area (Å²) in [4.78, 5) is 23.7. The van der Waals surface area contributed by atoms with E-state index in [4.69, 9.17) is 9.84 Å². The molecule has 0 aromatic heterocycles. The number of carbonyl (C=O) groups is 2. The highest BCUT2D eigenvalue weighted by molar-refractivity contribution is 5.88. The summed E-state index contributed by atoms with van der Waals surface area (Å²) in [5, 5.41) is 11.8. The van der Waals surface area contributed by atoms with Crippen molar-refractivity contribution < 1.29 is 19.4 Å². The highest BCUT2D eigenvalue weighted by atomic mass is 16.5. The van der Waals surface area contributed by atoms with Crippen LogP contribution in [0.3, 0.4) is 0 Å². The highest BCUT2D eigenvalue weighted by Gasteiger charge is 2.42. The predicted molar refractivity (Wildman–Crippen MR) is 87.3 cm³/mol. The number of carboxylic acids is 1. The summed E-state index contributed by atoms with van der Waals surface area (Å²) in [5.74, 6) is -0.955. The van der Waals surface area contributed by atoms with E-state index in [0.29, 0.717) is 32.6 Å². The molecule has 0 bridgehead atoms. The van der Waals surface area contributed by atoms with Crippen LogP contribution in [0.5, 0.6) is 0 Å². The zero-order valence-corrected chi connectivity index (χ0v) is 13.8. The maximum absolute atomic E-state index is 12.9. The van der Waals surface area contributed by atoms with Gasteiger partial charge in [0.1, 0.15) is 0 Å². The molecule has 1 amide bonds. The summed E-state index contributed by atoms with van der Waals surface area (Å²) in [6, 6.07) is 7.96. The van der Waals surface area contributed by atoms with Crippen molar-refractivity contribution in [3.05, 3.63) is 35.4 Å². The molecule has 0 spiro atoms. The third-order valence-electron chi connectivity index (χ3n) is 4.58. The van der Waals surface area contributed by atoms with Gasteiger partial charge in [0, 0.05) is 26.2 Å². The lowest BCUT2D eigenvalue weighted by molar-refractivity contribution is -0.138. The first-order valence-corrected chi connectivity index (χ1v) is 8.09. The summed E-state index contributed by atoms with van der Waals surface area (Å²) in [6.07, 6.45) is 1.36. The van der Waals surface area contributed by atoms with Crippen LogP contribution in [0.25, 0.3) is 0 Å². The predicted octanol–water partition coefficient (Wildman–Crippen LogP) is 2.27. The van der Waals surface area contributed by atoms with Gasteiger partial charge in [0.05, 0.1) is 5.41 Å². The van der Waals surface area contributed by atoms with Crippen molar-refractivity contribution in [2.45, 2.75) is 38.5 Å². The molecule has 23 heavy (non-hydrogen) atoms. The molecule has 126 valence electrons. The van der Waals surface area contributed by atoms with Crippen LogP contribution in [0.4, 0.5) is 0 Å². The SMILES string of the molecule is Cc1ccccc1C1(C(=O)NCC(C)CC(=O)O)CCOCC1. The number of hydrogen-bond donors (Lipinski definition) is 2. The highest BCUT2D eigenvalue weighted by Crippen LogP contribution is 2.37. The van der Waals surface area contributed by atoms with Crippen molar-refractivity contribution in [2.24, 2.45) is 5.92 Å². The molecular formula is C18H25NO4. The van der Waals surface area contributed by atoms with Crippen LogP contribution >= 0.6 is 0 Å². The number of carboxylic acid groups (broad SMARTS) is 1. The molecule has 1 heterocycles. The number of carbonyl (C=O) groups excluding carboxylic acids is 1. The Hall–Kier alpha value is -1.88. The van der Waals surface area contributed by atoms with Gasteiger partial charge < -0.3 is 15.2 Å². The quantitative estimate of drug-likeness (QED) is 0.843. The molecule has 5 nitrogen and oxygen atoms in total. The van der Waals surface area contributed by atoms with Gasteiger partial charge in [0.15, 0.2) is 0 Å². The first-order valence-electron chi connectivity index (χ1n) is 8.09. The van der Waals surface area contributed by atoms with E-state index in [-0.39, 0.29) is 18.2 Å². The fraction of sp³-hybridized carbons (Fsp3) is 0.556. The average Bonchev–Trinajstić information content (AvgIpc) is 2.53. The van der Waals surface area contributed by atoms with Crippen LogP contribution in [-0.2, 0) is 19.7 Å². The normalized spacial score (nSPS) is 18.2. The standard InChI is InChI=1S/C18H25NO4/c1-13(11-16(20)21)12-19-17(22)18(7-9-23-10-8-18)15-6-4-3-5-14(15)2/h3-6,13H,7-12H2,1-2H3,(H,19,22)(H,20,21). The Kier molecular flexibility index (Phi) is 5.77. The van der Waals surface area contributed by atoms with Gasteiger partial charge in [-0.3, -0.25) is 9.59 Å². The maximum atomic E-state index is 12.9. The molecule has 1 aromatic carbocycles. The van der Waals surface area contributed by atoms with Crippen LogP contribution in [0.1, 0.15) is 37.3 Å². The van der Waals surface area contributed by atoms with E-state index in [1.165, 1.54) is 0 Å². The van der Waals surface area contributed by atoms with Gasteiger partial charge in [0.2, 0.25) is 5.91 Å². The average molecular weight is 319 g/mol. The molecule has 1 fully saturated rings. The summed E-state index contributed by atoms with van der Waals surface area (Å²) < 4.78 is 5.46. The molecule has 0 radical (unpaired) electrons. The first-order chi connectivity index (χ1) is 11.0. The van der Waals surface area contributed by atoms with E-state index < -0.39 is 11.4 Å². The van der Waals surface area contributed by atoms with Crippen LogP contribution in [0, 0.1) is 12.8 Å². The van der Waals surface area contributed by atoms with Crippen LogP contribution in [0.15, 0.2) is 24.3 Å². The smallest absolute Gasteiger partial charge is 0.303 e. The Labute approximate surface area is 137 Å². The molecule has 1 aliphatic heterocycles. The fourth-order valence-electron chi connectivity index (χ4n) is 3.25. The molecule has 2 N–H and O–H groups in total. The van der Waals surface area contributed by atoms with Gasteiger partial charge in [-0.25, -0.2) is 0 Å². The van der Waals surface area contributed by atoms with E-state index >= 15 is 0 Å². The fourth-order valence-corrected chi connectivity index (χ4v) is 3.25. The second-order valence-corrected chi connectivity index (χ2v) is 6.42.